The summed E-state index contributed by atoms with van der Waals surface area (Å²) in [4.78, 5) is 12.5. The summed E-state index contributed by atoms with van der Waals surface area (Å²) in [5, 5.41) is 1.48. The molecule has 0 aliphatic rings. The molecule has 0 unspecified atom stereocenters. The molecule has 1 aromatic heterocycles. The van der Waals surface area contributed by atoms with Gasteiger partial charge in [-0.25, -0.2) is 4.79 Å². The zero-order valence-electron chi connectivity index (χ0n) is 15.6. The zero-order valence-corrected chi connectivity index (χ0v) is 16.4. The molecule has 0 bridgehead atoms. The Kier molecular flexibility index (Phi) is 6.04. The van der Waals surface area contributed by atoms with Crippen molar-refractivity contribution in [3.8, 4) is 5.75 Å². The summed E-state index contributed by atoms with van der Waals surface area (Å²) in [5.41, 5.74) is 3.32. The number of aromatic nitrogens is 1. The molecular weight excluding hydrogens is 366 g/mol. The van der Waals surface area contributed by atoms with Crippen molar-refractivity contribution in [2.24, 2.45) is 7.05 Å². The van der Waals surface area contributed by atoms with Gasteiger partial charge in [-0.05, 0) is 42.8 Å². The number of benzene rings is 2. The fourth-order valence-corrected chi connectivity index (χ4v) is 3.19. The number of halogens is 1. The third-order valence-electron chi connectivity index (χ3n) is 4.48. The average molecular weight is 388 g/mol. The van der Waals surface area contributed by atoms with Gasteiger partial charge < -0.3 is 18.8 Å². The third kappa shape index (κ3) is 4.26. The lowest BCUT2D eigenvalue weighted by molar-refractivity contribution is 0.0389. The molecule has 0 aliphatic carbocycles. The molecule has 0 saturated heterocycles. The van der Waals surface area contributed by atoms with Crippen LogP contribution in [0.15, 0.2) is 42.5 Å². The highest BCUT2D eigenvalue weighted by Gasteiger charge is 2.20. The van der Waals surface area contributed by atoms with Gasteiger partial charge in [-0.1, -0.05) is 23.7 Å². The third-order valence-corrected chi connectivity index (χ3v) is 4.72. The molecule has 0 fully saturated rings. The van der Waals surface area contributed by atoms with E-state index in [9.17, 15) is 4.79 Å². The second kappa shape index (κ2) is 8.46. The maximum absolute atomic E-state index is 12.5. The number of hydrogen-bond donors (Lipinski definition) is 0. The van der Waals surface area contributed by atoms with E-state index < -0.39 is 0 Å². The number of rotatable bonds is 7. The molecule has 3 aromatic rings. The molecule has 2 aromatic carbocycles. The van der Waals surface area contributed by atoms with E-state index in [4.69, 9.17) is 25.8 Å². The SMILES string of the molecule is COCCOC(=O)c1c(C)n(C)c2ccc(OCc3cccc(Cl)c3)cc12. The van der Waals surface area contributed by atoms with Crippen LogP contribution in [0.25, 0.3) is 10.9 Å². The first-order valence-corrected chi connectivity index (χ1v) is 9.01. The monoisotopic (exact) mass is 387 g/mol. The van der Waals surface area contributed by atoms with Crippen molar-refractivity contribution >= 4 is 28.5 Å². The molecule has 6 heteroatoms. The quantitative estimate of drug-likeness (QED) is 0.441. The van der Waals surface area contributed by atoms with Gasteiger partial charge in [-0.2, -0.15) is 0 Å². The largest absolute Gasteiger partial charge is 0.489 e. The van der Waals surface area contributed by atoms with E-state index in [1.165, 1.54) is 0 Å². The van der Waals surface area contributed by atoms with Crippen molar-refractivity contribution in [1.82, 2.24) is 4.57 Å². The van der Waals surface area contributed by atoms with E-state index in [0.717, 1.165) is 22.2 Å². The Morgan fingerprint density at radius 2 is 1.96 bits per heavy atom. The van der Waals surface area contributed by atoms with Crippen LogP contribution < -0.4 is 4.74 Å². The van der Waals surface area contributed by atoms with Crippen LogP contribution in [-0.4, -0.2) is 30.9 Å². The fraction of sp³-hybridized carbons (Fsp3) is 0.286. The number of carbonyl (C=O) groups is 1. The minimum absolute atomic E-state index is 0.218. The molecule has 0 saturated carbocycles. The summed E-state index contributed by atoms with van der Waals surface area (Å²) in [6, 6.07) is 13.2. The fourth-order valence-electron chi connectivity index (χ4n) is 2.98. The van der Waals surface area contributed by atoms with Crippen LogP contribution in [0.3, 0.4) is 0 Å². The summed E-state index contributed by atoms with van der Waals surface area (Å²) < 4.78 is 18.1. The van der Waals surface area contributed by atoms with Crippen LogP contribution in [0.4, 0.5) is 0 Å². The molecule has 0 N–H and O–H groups in total. The molecule has 1 heterocycles. The predicted octanol–water partition coefficient (Wildman–Crippen LogP) is 4.52. The van der Waals surface area contributed by atoms with Crippen molar-refractivity contribution in [3.63, 3.8) is 0 Å². The number of ether oxygens (including phenoxy) is 3. The number of nitrogens with zero attached hydrogens (tertiary/aromatic N) is 1. The highest BCUT2D eigenvalue weighted by Crippen LogP contribution is 2.29. The lowest BCUT2D eigenvalue weighted by Crippen LogP contribution is -2.11. The summed E-state index contributed by atoms with van der Waals surface area (Å²) >= 11 is 6.01. The van der Waals surface area contributed by atoms with Crippen molar-refractivity contribution in [3.05, 3.63) is 64.3 Å². The van der Waals surface area contributed by atoms with Crippen molar-refractivity contribution in [2.75, 3.05) is 20.3 Å². The first-order valence-electron chi connectivity index (χ1n) is 8.63. The van der Waals surface area contributed by atoms with Crippen molar-refractivity contribution in [1.29, 1.82) is 0 Å². The molecule has 0 amide bonds. The molecule has 27 heavy (non-hydrogen) atoms. The Morgan fingerprint density at radius 1 is 1.15 bits per heavy atom. The molecule has 3 rings (SSSR count). The lowest BCUT2D eigenvalue weighted by atomic mass is 10.1. The van der Waals surface area contributed by atoms with Crippen LogP contribution in [0, 0.1) is 6.92 Å². The van der Waals surface area contributed by atoms with E-state index in [1.807, 2.05) is 61.0 Å². The second-order valence-electron chi connectivity index (χ2n) is 6.25. The second-order valence-corrected chi connectivity index (χ2v) is 6.68. The van der Waals surface area contributed by atoms with Crippen LogP contribution in [0.2, 0.25) is 5.02 Å². The summed E-state index contributed by atoms with van der Waals surface area (Å²) in [6.07, 6.45) is 0. The first kappa shape index (κ1) is 19.3. The Labute approximate surface area is 163 Å². The Balaban J connectivity index is 1.86. The number of methoxy groups -OCH3 is 1. The van der Waals surface area contributed by atoms with Gasteiger partial charge in [0.15, 0.2) is 0 Å². The first-order chi connectivity index (χ1) is 13.0. The van der Waals surface area contributed by atoms with Crippen molar-refractivity contribution in [2.45, 2.75) is 13.5 Å². The van der Waals surface area contributed by atoms with Gasteiger partial charge in [-0.3, -0.25) is 0 Å². The normalized spacial score (nSPS) is 11.0. The predicted molar refractivity (Wildman–Crippen MR) is 106 cm³/mol. The number of fused-ring (bicyclic) bond motifs is 1. The summed E-state index contributed by atoms with van der Waals surface area (Å²) in [7, 11) is 3.50. The number of hydrogen-bond acceptors (Lipinski definition) is 4. The van der Waals surface area contributed by atoms with Crippen LogP contribution >= 0.6 is 11.6 Å². The van der Waals surface area contributed by atoms with Gasteiger partial charge >= 0.3 is 5.97 Å². The molecule has 0 spiro atoms. The smallest absolute Gasteiger partial charge is 0.340 e. The molecule has 0 atom stereocenters. The Hall–Kier alpha value is -2.50. The zero-order chi connectivity index (χ0) is 19.4. The highest BCUT2D eigenvalue weighted by molar-refractivity contribution is 6.30. The average Bonchev–Trinajstić information content (AvgIpc) is 2.90. The van der Waals surface area contributed by atoms with E-state index in [1.54, 1.807) is 7.11 Å². The van der Waals surface area contributed by atoms with Crippen LogP contribution in [0.1, 0.15) is 21.6 Å². The molecular formula is C21H22ClNO4. The Morgan fingerprint density at radius 3 is 2.70 bits per heavy atom. The summed E-state index contributed by atoms with van der Waals surface area (Å²) in [6.45, 7) is 2.88. The van der Waals surface area contributed by atoms with Gasteiger partial charge in [0.05, 0.1) is 12.2 Å². The van der Waals surface area contributed by atoms with Gasteiger partial charge in [0.1, 0.15) is 19.0 Å². The molecule has 0 radical (unpaired) electrons. The van der Waals surface area contributed by atoms with Gasteiger partial charge in [-0.15, -0.1) is 0 Å². The number of esters is 1. The van der Waals surface area contributed by atoms with E-state index in [-0.39, 0.29) is 12.6 Å². The number of aryl methyl sites for hydroxylation is 1. The van der Waals surface area contributed by atoms with Crippen LogP contribution in [-0.2, 0) is 23.1 Å². The van der Waals surface area contributed by atoms with E-state index >= 15 is 0 Å². The van der Waals surface area contributed by atoms with Crippen molar-refractivity contribution < 1.29 is 19.0 Å². The maximum Gasteiger partial charge on any atom is 0.340 e. The number of carbonyl (C=O) groups excluding carboxylic acids is 1. The molecule has 142 valence electrons. The summed E-state index contributed by atoms with van der Waals surface area (Å²) in [5.74, 6) is 0.321. The van der Waals surface area contributed by atoms with E-state index in [0.29, 0.717) is 29.5 Å². The van der Waals surface area contributed by atoms with Gasteiger partial charge in [0, 0.05) is 35.8 Å². The van der Waals surface area contributed by atoms with E-state index in [2.05, 4.69) is 0 Å². The van der Waals surface area contributed by atoms with Gasteiger partial charge in [0.2, 0.25) is 0 Å². The highest BCUT2D eigenvalue weighted by atomic mass is 35.5. The van der Waals surface area contributed by atoms with Gasteiger partial charge in [0.25, 0.3) is 0 Å². The minimum Gasteiger partial charge on any atom is -0.489 e. The molecule has 0 aliphatic heterocycles. The minimum atomic E-state index is -0.359. The van der Waals surface area contributed by atoms with Crippen LogP contribution in [0.5, 0.6) is 5.75 Å². The topological polar surface area (TPSA) is 49.7 Å². The maximum atomic E-state index is 12.5. The Bertz CT molecular complexity index is 964. The standard InChI is InChI=1S/C21H22ClNO4/c1-14-20(21(24)26-10-9-25-3)18-12-17(7-8-19(18)23(14)2)27-13-15-5-4-6-16(22)11-15/h4-8,11-12H,9-10,13H2,1-3H3. The molecule has 5 nitrogen and oxygen atoms in total. The lowest BCUT2D eigenvalue weighted by Gasteiger charge is -2.08.